The van der Waals surface area contributed by atoms with Gasteiger partial charge in [0.25, 0.3) is 0 Å². The number of amides is 2. The maximum atomic E-state index is 14.0. The topological polar surface area (TPSA) is 86.8 Å². The molecule has 0 fully saturated rings. The third-order valence-corrected chi connectivity index (χ3v) is 8.68. The van der Waals surface area contributed by atoms with E-state index in [2.05, 4.69) is 21.2 Å². The van der Waals surface area contributed by atoms with Crippen LogP contribution in [0.4, 0.5) is 10.1 Å². The van der Waals surface area contributed by atoms with Gasteiger partial charge in [0.05, 0.1) is 11.9 Å². The standard InChI is InChI=1S/C30H35BrFN3O4S/c1-5-22(3)33-30(37)28(18-23-9-7-6-8-10-23)34(19-24-11-13-25(32)14-12-24)29(36)20-35(40(4,38)39)26-15-16-27(31)21(2)17-26/h6-17,22,28H,5,18-20H2,1-4H3,(H,33,37)/t22-,28-/m1/s1. The van der Waals surface area contributed by atoms with Crippen LogP contribution in [0.15, 0.2) is 77.3 Å². The lowest BCUT2D eigenvalue weighted by molar-refractivity contribution is -0.140. The molecule has 10 heteroatoms. The van der Waals surface area contributed by atoms with Crippen molar-refractivity contribution in [3.8, 4) is 0 Å². The average molecular weight is 633 g/mol. The van der Waals surface area contributed by atoms with E-state index in [-0.39, 0.29) is 24.9 Å². The molecule has 0 saturated heterocycles. The molecule has 2 amide bonds. The van der Waals surface area contributed by atoms with Crippen LogP contribution in [0.25, 0.3) is 0 Å². The molecule has 0 aliphatic rings. The first-order chi connectivity index (χ1) is 18.9. The summed E-state index contributed by atoms with van der Waals surface area (Å²) < 4.78 is 41.3. The van der Waals surface area contributed by atoms with Gasteiger partial charge in [-0.2, -0.15) is 0 Å². The normalized spacial score (nSPS) is 12.8. The Bertz CT molecular complexity index is 1420. The van der Waals surface area contributed by atoms with Gasteiger partial charge in [0, 0.05) is 23.5 Å². The van der Waals surface area contributed by atoms with Crippen molar-refractivity contribution in [1.82, 2.24) is 10.2 Å². The van der Waals surface area contributed by atoms with E-state index in [1.807, 2.05) is 51.1 Å². The zero-order valence-corrected chi connectivity index (χ0v) is 25.5. The van der Waals surface area contributed by atoms with Gasteiger partial charge in [-0.15, -0.1) is 0 Å². The number of benzene rings is 3. The summed E-state index contributed by atoms with van der Waals surface area (Å²) in [5.74, 6) is -1.33. The molecule has 1 N–H and O–H groups in total. The Morgan fingerprint density at radius 1 is 1.00 bits per heavy atom. The van der Waals surface area contributed by atoms with E-state index in [1.54, 1.807) is 30.3 Å². The first-order valence-electron chi connectivity index (χ1n) is 13.0. The van der Waals surface area contributed by atoms with Gasteiger partial charge in [-0.3, -0.25) is 13.9 Å². The highest BCUT2D eigenvalue weighted by atomic mass is 79.9. The van der Waals surface area contributed by atoms with Crippen molar-refractivity contribution >= 4 is 43.5 Å². The monoisotopic (exact) mass is 631 g/mol. The maximum Gasteiger partial charge on any atom is 0.244 e. The molecule has 0 heterocycles. The van der Waals surface area contributed by atoms with Gasteiger partial charge in [-0.25, -0.2) is 12.8 Å². The summed E-state index contributed by atoms with van der Waals surface area (Å²) in [5.41, 5.74) is 2.58. The van der Waals surface area contributed by atoms with E-state index in [0.29, 0.717) is 17.7 Å². The Morgan fingerprint density at radius 2 is 1.65 bits per heavy atom. The van der Waals surface area contributed by atoms with E-state index in [4.69, 9.17) is 0 Å². The van der Waals surface area contributed by atoms with Crippen molar-refractivity contribution in [2.24, 2.45) is 0 Å². The minimum Gasteiger partial charge on any atom is -0.352 e. The Morgan fingerprint density at radius 3 is 2.23 bits per heavy atom. The number of hydrogen-bond donors (Lipinski definition) is 1. The molecule has 0 aliphatic carbocycles. The highest BCUT2D eigenvalue weighted by Gasteiger charge is 2.33. The molecule has 0 saturated carbocycles. The molecule has 40 heavy (non-hydrogen) atoms. The SMILES string of the molecule is CC[C@@H](C)NC(=O)[C@@H](Cc1ccccc1)N(Cc1ccc(F)cc1)C(=O)CN(c1ccc(Br)c(C)c1)S(C)(=O)=O. The molecule has 0 radical (unpaired) electrons. The van der Waals surface area contributed by atoms with Crippen LogP contribution in [-0.2, 0) is 32.6 Å². The van der Waals surface area contributed by atoms with Gasteiger partial charge in [0.2, 0.25) is 21.8 Å². The fourth-order valence-electron chi connectivity index (χ4n) is 4.18. The fraction of sp³-hybridized carbons (Fsp3) is 0.333. The lowest BCUT2D eigenvalue weighted by atomic mass is 10.0. The Hall–Kier alpha value is -3.24. The summed E-state index contributed by atoms with van der Waals surface area (Å²) >= 11 is 3.42. The number of carbonyl (C=O) groups is 2. The second kappa shape index (κ2) is 13.9. The molecule has 3 aromatic carbocycles. The lowest BCUT2D eigenvalue weighted by Gasteiger charge is -2.34. The second-order valence-corrected chi connectivity index (χ2v) is 12.6. The molecule has 0 bridgehead atoms. The molecule has 3 rings (SSSR count). The summed E-state index contributed by atoms with van der Waals surface area (Å²) in [4.78, 5) is 29.1. The first-order valence-corrected chi connectivity index (χ1v) is 15.6. The largest absolute Gasteiger partial charge is 0.352 e. The molecule has 214 valence electrons. The van der Waals surface area contributed by atoms with Gasteiger partial charge >= 0.3 is 0 Å². The van der Waals surface area contributed by atoms with Crippen LogP contribution < -0.4 is 9.62 Å². The number of carbonyl (C=O) groups excluding carboxylic acids is 2. The smallest absolute Gasteiger partial charge is 0.244 e. The van der Waals surface area contributed by atoms with Crippen LogP contribution in [0.2, 0.25) is 0 Å². The molecular formula is C30H35BrFN3O4S. The number of rotatable bonds is 12. The van der Waals surface area contributed by atoms with Gasteiger partial charge in [-0.05, 0) is 67.3 Å². The maximum absolute atomic E-state index is 14.0. The van der Waals surface area contributed by atoms with Crippen molar-refractivity contribution in [1.29, 1.82) is 0 Å². The van der Waals surface area contributed by atoms with Crippen molar-refractivity contribution in [2.75, 3.05) is 17.1 Å². The summed E-state index contributed by atoms with van der Waals surface area (Å²) in [7, 11) is -3.86. The van der Waals surface area contributed by atoms with Crippen LogP contribution in [0, 0.1) is 12.7 Å². The number of anilines is 1. The third-order valence-electron chi connectivity index (χ3n) is 6.65. The zero-order chi connectivity index (χ0) is 29.4. The van der Waals surface area contributed by atoms with E-state index in [1.165, 1.54) is 17.0 Å². The van der Waals surface area contributed by atoms with Gasteiger partial charge in [0.15, 0.2) is 0 Å². The number of hydrogen-bond acceptors (Lipinski definition) is 4. The average Bonchev–Trinajstić information content (AvgIpc) is 2.91. The van der Waals surface area contributed by atoms with E-state index >= 15 is 0 Å². The van der Waals surface area contributed by atoms with Gasteiger partial charge in [0.1, 0.15) is 18.4 Å². The van der Waals surface area contributed by atoms with Crippen molar-refractivity contribution in [3.63, 3.8) is 0 Å². The molecular weight excluding hydrogens is 597 g/mol. The van der Waals surface area contributed by atoms with Crippen molar-refractivity contribution in [2.45, 2.75) is 52.2 Å². The molecule has 2 atom stereocenters. The number of halogens is 2. The number of aryl methyl sites for hydroxylation is 1. The quantitative estimate of drug-likeness (QED) is 0.297. The van der Waals surface area contributed by atoms with Crippen LogP contribution in [0.1, 0.15) is 37.0 Å². The minimum atomic E-state index is -3.86. The molecule has 0 aliphatic heterocycles. The minimum absolute atomic E-state index is 0.0124. The predicted octanol–water partition coefficient (Wildman–Crippen LogP) is 5.22. The third kappa shape index (κ3) is 8.63. The van der Waals surface area contributed by atoms with Crippen LogP contribution in [0.3, 0.4) is 0 Å². The summed E-state index contributed by atoms with van der Waals surface area (Å²) in [6.45, 7) is 5.13. The summed E-state index contributed by atoms with van der Waals surface area (Å²) in [6, 6.07) is 18.9. The lowest BCUT2D eigenvalue weighted by Crippen LogP contribution is -2.54. The highest BCUT2D eigenvalue weighted by molar-refractivity contribution is 9.10. The molecule has 3 aromatic rings. The predicted molar refractivity (Wildman–Crippen MR) is 160 cm³/mol. The Balaban J connectivity index is 2.06. The number of nitrogens with one attached hydrogen (secondary N) is 1. The Labute approximate surface area is 244 Å². The van der Waals surface area contributed by atoms with Gasteiger partial charge < -0.3 is 10.2 Å². The van der Waals surface area contributed by atoms with E-state index in [9.17, 15) is 22.4 Å². The van der Waals surface area contributed by atoms with E-state index in [0.717, 1.165) is 26.2 Å². The van der Waals surface area contributed by atoms with Crippen LogP contribution in [0.5, 0.6) is 0 Å². The Kier molecular flexibility index (Phi) is 10.9. The zero-order valence-electron chi connectivity index (χ0n) is 23.1. The van der Waals surface area contributed by atoms with Gasteiger partial charge in [-0.1, -0.05) is 65.3 Å². The number of nitrogens with zero attached hydrogens (tertiary/aromatic N) is 2. The van der Waals surface area contributed by atoms with Crippen LogP contribution in [-0.4, -0.2) is 50.0 Å². The fourth-order valence-corrected chi connectivity index (χ4v) is 5.27. The molecule has 0 spiro atoms. The van der Waals surface area contributed by atoms with Crippen molar-refractivity contribution in [3.05, 3.63) is 99.8 Å². The van der Waals surface area contributed by atoms with Crippen LogP contribution >= 0.6 is 15.9 Å². The van der Waals surface area contributed by atoms with Crippen molar-refractivity contribution < 1.29 is 22.4 Å². The molecule has 0 aromatic heterocycles. The molecule has 7 nitrogen and oxygen atoms in total. The molecule has 0 unspecified atom stereocenters. The summed E-state index contributed by atoms with van der Waals surface area (Å²) in [6.07, 6.45) is 1.95. The second-order valence-electron chi connectivity index (χ2n) is 9.87. The number of sulfonamides is 1. The summed E-state index contributed by atoms with van der Waals surface area (Å²) in [5, 5.41) is 2.98. The highest BCUT2D eigenvalue weighted by Crippen LogP contribution is 2.25. The first kappa shape index (κ1) is 31.3. The van der Waals surface area contributed by atoms with E-state index < -0.39 is 34.3 Å².